The highest BCUT2D eigenvalue weighted by Gasteiger charge is 2.28. The average molecular weight is 217 g/mol. The number of rotatable bonds is 2. The summed E-state index contributed by atoms with van der Waals surface area (Å²) in [6.45, 7) is 0.561. The molecular formula is C14H16FN. The summed E-state index contributed by atoms with van der Waals surface area (Å²) in [7, 11) is 1.96. The number of terminal acetylenes is 1. The molecule has 1 aliphatic rings. The van der Waals surface area contributed by atoms with Gasteiger partial charge in [0, 0.05) is 12.5 Å². The first-order valence-corrected chi connectivity index (χ1v) is 5.58. The van der Waals surface area contributed by atoms with E-state index < -0.39 is 6.17 Å². The number of hydrogen-bond donors (Lipinski definition) is 0. The van der Waals surface area contributed by atoms with Crippen molar-refractivity contribution in [2.24, 2.45) is 0 Å². The van der Waals surface area contributed by atoms with E-state index >= 15 is 0 Å². The van der Waals surface area contributed by atoms with Crippen LogP contribution in [0.3, 0.4) is 0 Å². The van der Waals surface area contributed by atoms with Crippen LogP contribution in [-0.4, -0.2) is 24.7 Å². The molecule has 0 spiro atoms. The lowest BCUT2D eigenvalue weighted by molar-refractivity contribution is 0.180. The lowest BCUT2D eigenvalue weighted by Crippen LogP contribution is -2.32. The molecule has 0 N–H and O–H groups in total. The summed E-state index contributed by atoms with van der Waals surface area (Å²) in [6, 6.07) is 8.19. The van der Waals surface area contributed by atoms with Gasteiger partial charge in [0.15, 0.2) is 0 Å². The SMILES string of the molecule is C#CCN(C)C1CC(F)Cc2ccccc21. The zero-order valence-electron chi connectivity index (χ0n) is 9.49. The van der Waals surface area contributed by atoms with Crippen LogP contribution in [0.25, 0.3) is 0 Å². The molecule has 0 fully saturated rings. The van der Waals surface area contributed by atoms with Crippen LogP contribution < -0.4 is 0 Å². The van der Waals surface area contributed by atoms with Crippen LogP contribution in [-0.2, 0) is 6.42 Å². The van der Waals surface area contributed by atoms with Gasteiger partial charge in [-0.05, 0) is 24.6 Å². The number of fused-ring (bicyclic) bond motifs is 1. The molecule has 0 saturated carbocycles. The van der Waals surface area contributed by atoms with Gasteiger partial charge >= 0.3 is 0 Å². The molecule has 0 amide bonds. The van der Waals surface area contributed by atoms with Crippen molar-refractivity contribution in [3.05, 3.63) is 35.4 Å². The Bertz CT molecular complexity index is 407. The second-order valence-corrected chi connectivity index (χ2v) is 4.37. The Morgan fingerprint density at radius 3 is 3.00 bits per heavy atom. The van der Waals surface area contributed by atoms with Gasteiger partial charge in [0.05, 0.1) is 6.54 Å². The molecule has 2 rings (SSSR count). The van der Waals surface area contributed by atoms with Crippen LogP contribution in [0, 0.1) is 12.3 Å². The van der Waals surface area contributed by atoms with Crippen molar-refractivity contribution in [3.63, 3.8) is 0 Å². The summed E-state index contributed by atoms with van der Waals surface area (Å²) in [6.07, 6.45) is 5.64. The molecule has 1 aromatic rings. The minimum absolute atomic E-state index is 0.121. The molecule has 1 nitrogen and oxygen atoms in total. The molecule has 0 radical (unpaired) electrons. The lowest BCUT2D eigenvalue weighted by Gasteiger charge is -2.33. The second kappa shape index (κ2) is 4.67. The van der Waals surface area contributed by atoms with E-state index in [2.05, 4.69) is 12.0 Å². The van der Waals surface area contributed by atoms with E-state index in [9.17, 15) is 4.39 Å². The molecule has 0 aliphatic heterocycles. The van der Waals surface area contributed by atoms with Crippen LogP contribution in [0.4, 0.5) is 4.39 Å². The van der Waals surface area contributed by atoms with Gasteiger partial charge in [-0.1, -0.05) is 30.2 Å². The molecule has 84 valence electrons. The maximum absolute atomic E-state index is 13.6. The van der Waals surface area contributed by atoms with Crippen molar-refractivity contribution in [2.45, 2.75) is 25.1 Å². The van der Waals surface area contributed by atoms with Gasteiger partial charge in [-0.15, -0.1) is 6.42 Å². The van der Waals surface area contributed by atoms with Crippen molar-refractivity contribution >= 4 is 0 Å². The predicted octanol–water partition coefficient (Wildman–Crippen LogP) is 2.58. The van der Waals surface area contributed by atoms with Crippen molar-refractivity contribution in [1.82, 2.24) is 4.90 Å². The van der Waals surface area contributed by atoms with Gasteiger partial charge in [0.2, 0.25) is 0 Å². The summed E-state index contributed by atoms with van der Waals surface area (Å²) in [5.41, 5.74) is 2.35. The number of halogens is 1. The van der Waals surface area contributed by atoms with Crippen LogP contribution >= 0.6 is 0 Å². The van der Waals surface area contributed by atoms with Crippen LogP contribution in [0.15, 0.2) is 24.3 Å². The van der Waals surface area contributed by atoms with Gasteiger partial charge in [-0.3, -0.25) is 4.90 Å². The van der Waals surface area contributed by atoms with Crippen LogP contribution in [0.2, 0.25) is 0 Å². The van der Waals surface area contributed by atoms with E-state index in [1.807, 2.05) is 30.1 Å². The number of alkyl halides is 1. The van der Waals surface area contributed by atoms with Gasteiger partial charge in [0.1, 0.15) is 6.17 Å². The van der Waals surface area contributed by atoms with Gasteiger partial charge in [-0.25, -0.2) is 4.39 Å². The first-order chi connectivity index (χ1) is 7.72. The highest BCUT2D eigenvalue weighted by atomic mass is 19.1. The quantitative estimate of drug-likeness (QED) is 0.688. The molecule has 1 aliphatic carbocycles. The van der Waals surface area contributed by atoms with Crippen LogP contribution in [0.5, 0.6) is 0 Å². The Morgan fingerprint density at radius 1 is 1.50 bits per heavy atom. The van der Waals surface area contributed by atoms with Crippen molar-refractivity contribution in [1.29, 1.82) is 0 Å². The molecule has 2 atom stereocenters. The highest BCUT2D eigenvalue weighted by molar-refractivity contribution is 5.33. The topological polar surface area (TPSA) is 3.24 Å². The smallest absolute Gasteiger partial charge is 0.106 e. The van der Waals surface area contributed by atoms with E-state index in [1.54, 1.807) is 0 Å². The van der Waals surface area contributed by atoms with Crippen molar-refractivity contribution in [3.8, 4) is 12.3 Å². The maximum atomic E-state index is 13.6. The standard InChI is InChI=1S/C14H16FN/c1-3-8-16(2)14-10-12(15)9-11-6-4-5-7-13(11)14/h1,4-7,12,14H,8-10H2,2H3. The zero-order valence-corrected chi connectivity index (χ0v) is 9.49. The first-order valence-electron chi connectivity index (χ1n) is 5.58. The number of nitrogens with zero attached hydrogens (tertiary/aromatic N) is 1. The fraction of sp³-hybridized carbons (Fsp3) is 0.429. The van der Waals surface area contributed by atoms with Gasteiger partial charge < -0.3 is 0 Å². The van der Waals surface area contributed by atoms with Crippen LogP contribution in [0.1, 0.15) is 23.6 Å². The molecular weight excluding hydrogens is 201 g/mol. The van der Waals surface area contributed by atoms with Crippen molar-refractivity contribution in [2.75, 3.05) is 13.6 Å². The largest absolute Gasteiger partial charge is 0.288 e. The molecule has 2 heteroatoms. The molecule has 16 heavy (non-hydrogen) atoms. The first kappa shape index (κ1) is 11.2. The molecule has 0 aromatic heterocycles. The monoisotopic (exact) mass is 217 g/mol. The Hall–Kier alpha value is -1.33. The fourth-order valence-corrected chi connectivity index (χ4v) is 2.41. The molecule has 0 heterocycles. The summed E-state index contributed by atoms with van der Waals surface area (Å²) in [4.78, 5) is 2.05. The van der Waals surface area contributed by atoms with E-state index in [0.29, 0.717) is 19.4 Å². The van der Waals surface area contributed by atoms with Gasteiger partial charge in [-0.2, -0.15) is 0 Å². The summed E-state index contributed by atoms with van der Waals surface area (Å²) < 4.78 is 13.6. The third kappa shape index (κ3) is 2.10. The third-order valence-corrected chi connectivity index (χ3v) is 3.21. The van der Waals surface area contributed by atoms with E-state index in [0.717, 1.165) is 5.56 Å². The normalized spacial score (nSPS) is 23.9. The van der Waals surface area contributed by atoms with E-state index in [-0.39, 0.29) is 6.04 Å². The molecule has 0 bridgehead atoms. The summed E-state index contributed by atoms with van der Waals surface area (Å²) >= 11 is 0. The molecule has 1 aromatic carbocycles. The minimum atomic E-state index is -0.750. The predicted molar refractivity (Wildman–Crippen MR) is 63.9 cm³/mol. The summed E-state index contributed by atoms with van der Waals surface area (Å²) in [5.74, 6) is 2.61. The average Bonchev–Trinajstić information content (AvgIpc) is 2.28. The molecule has 0 saturated heterocycles. The Morgan fingerprint density at radius 2 is 2.25 bits per heavy atom. The fourth-order valence-electron chi connectivity index (χ4n) is 2.41. The minimum Gasteiger partial charge on any atom is -0.288 e. The Labute approximate surface area is 96.3 Å². The third-order valence-electron chi connectivity index (χ3n) is 3.21. The Balaban J connectivity index is 2.30. The Kier molecular flexibility index (Phi) is 3.26. The zero-order chi connectivity index (χ0) is 11.5. The van der Waals surface area contributed by atoms with E-state index in [1.165, 1.54) is 5.56 Å². The van der Waals surface area contributed by atoms with Gasteiger partial charge in [0.25, 0.3) is 0 Å². The van der Waals surface area contributed by atoms with Crippen molar-refractivity contribution < 1.29 is 4.39 Å². The number of benzene rings is 1. The van der Waals surface area contributed by atoms with E-state index in [4.69, 9.17) is 6.42 Å². The molecule has 2 unspecified atom stereocenters. The lowest BCUT2D eigenvalue weighted by atomic mass is 9.86. The second-order valence-electron chi connectivity index (χ2n) is 4.37. The maximum Gasteiger partial charge on any atom is 0.106 e. The highest BCUT2D eigenvalue weighted by Crippen LogP contribution is 2.34. The summed E-state index contributed by atoms with van der Waals surface area (Å²) in [5, 5.41) is 0. The number of hydrogen-bond acceptors (Lipinski definition) is 1.